The largest absolute Gasteiger partial charge is 0.496 e. The highest BCUT2D eigenvalue weighted by molar-refractivity contribution is 14.0. The zero-order valence-corrected chi connectivity index (χ0v) is 17.8. The van der Waals surface area contributed by atoms with Crippen molar-refractivity contribution in [3.63, 3.8) is 0 Å². The number of nitrogens with one attached hydrogen (secondary N) is 2. The third-order valence-corrected chi connectivity index (χ3v) is 3.49. The number of nitrogens with zero attached hydrogens (tertiary/aromatic N) is 1. The molecule has 0 spiro atoms. The second-order valence-electron chi connectivity index (χ2n) is 5.96. The van der Waals surface area contributed by atoms with Crippen LogP contribution in [0.5, 0.6) is 5.75 Å². The second kappa shape index (κ2) is 13.3. The van der Waals surface area contributed by atoms with Crippen LogP contribution >= 0.6 is 24.0 Å². The van der Waals surface area contributed by atoms with E-state index in [1.165, 1.54) is 5.56 Å². The maximum absolute atomic E-state index is 5.59. The van der Waals surface area contributed by atoms with Gasteiger partial charge in [-0.05, 0) is 30.9 Å². The summed E-state index contributed by atoms with van der Waals surface area (Å²) in [6.07, 6.45) is 1.10. The number of guanidine groups is 1. The number of rotatable bonds is 9. The van der Waals surface area contributed by atoms with Gasteiger partial charge in [0.05, 0.1) is 13.7 Å². The predicted molar refractivity (Wildman–Crippen MR) is 112 cm³/mol. The first kappa shape index (κ1) is 23.0. The van der Waals surface area contributed by atoms with Gasteiger partial charge < -0.3 is 20.1 Å². The van der Waals surface area contributed by atoms with Crippen molar-refractivity contribution in [2.24, 2.45) is 10.9 Å². The molecule has 0 radical (unpaired) electrons. The van der Waals surface area contributed by atoms with Crippen molar-refractivity contribution in [3.8, 4) is 5.75 Å². The highest BCUT2D eigenvalue weighted by atomic mass is 127. The lowest BCUT2D eigenvalue weighted by atomic mass is 10.1. The molecule has 0 aliphatic rings. The van der Waals surface area contributed by atoms with Gasteiger partial charge in [-0.2, -0.15) is 0 Å². The smallest absolute Gasteiger partial charge is 0.191 e. The minimum Gasteiger partial charge on any atom is -0.496 e. The van der Waals surface area contributed by atoms with Gasteiger partial charge in [0.25, 0.3) is 0 Å². The SMILES string of the molecule is CN=C(NCCOCCC(C)C)NCc1ccc(C)cc1OC.I. The summed E-state index contributed by atoms with van der Waals surface area (Å²) in [7, 11) is 3.46. The molecule has 0 fully saturated rings. The van der Waals surface area contributed by atoms with Crippen LogP contribution in [0.1, 0.15) is 31.4 Å². The van der Waals surface area contributed by atoms with E-state index >= 15 is 0 Å². The molecule has 0 heterocycles. The van der Waals surface area contributed by atoms with Gasteiger partial charge >= 0.3 is 0 Å². The van der Waals surface area contributed by atoms with E-state index in [0.717, 1.165) is 36.8 Å². The Labute approximate surface area is 163 Å². The Hall–Kier alpha value is -1.02. The molecule has 0 atom stereocenters. The van der Waals surface area contributed by atoms with Gasteiger partial charge in [-0.15, -0.1) is 24.0 Å². The summed E-state index contributed by atoms with van der Waals surface area (Å²) in [5.74, 6) is 2.34. The van der Waals surface area contributed by atoms with Gasteiger partial charge in [0, 0.05) is 32.3 Å². The normalized spacial score (nSPS) is 11.2. The predicted octanol–water partition coefficient (Wildman–Crippen LogP) is 3.35. The Kier molecular flexibility index (Phi) is 12.7. The summed E-state index contributed by atoms with van der Waals surface area (Å²) in [6.45, 7) is 9.35. The average Bonchev–Trinajstić information content (AvgIpc) is 2.54. The molecule has 24 heavy (non-hydrogen) atoms. The average molecular weight is 449 g/mol. The summed E-state index contributed by atoms with van der Waals surface area (Å²) < 4.78 is 11.0. The minimum atomic E-state index is 0. The van der Waals surface area contributed by atoms with Crippen molar-refractivity contribution in [2.45, 2.75) is 33.7 Å². The van der Waals surface area contributed by atoms with Crippen molar-refractivity contribution >= 4 is 29.9 Å². The molecule has 0 amide bonds. The standard InChI is InChI=1S/C18H31N3O2.HI/c1-14(2)8-10-23-11-9-20-18(19-4)21-13-16-7-6-15(3)12-17(16)22-5;/h6-7,12,14H,8-11,13H2,1-5H3,(H2,19,20,21);1H. The number of hydrogen-bond acceptors (Lipinski definition) is 3. The van der Waals surface area contributed by atoms with Crippen LogP contribution < -0.4 is 15.4 Å². The lowest BCUT2D eigenvalue weighted by molar-refractivity contribution is 0.128. The van der Waals surface area contributed by atoms with Crippen molar-refractivity contribution in [2.75, 3.05) is 33.9 Å². The number of ether oxygens (including phenoxy) is 2. The third-order valence-electron chi connectivity index (χ3n) is 3.49. The monoisotopic (exact) mass is 449 g/mol. The zero-order chi connectivity index (χ0) is 17.1. The third kappa shape index (κ3) is 9.32. The van der Waals surface area contributed by atoms with Gasteiger partial charge in [0.2, 0.25) is 0 Å². The number of methoxy groups -OCH3 is 1. The molecule has 6 heteroatoms. The number of aliphatic imine (C=N–C) groups is 1. The lowest BCUT2D eigenvalue weighted by Gasteiger charge is -2.14. The molecule has 5 nitrogen and oxygen atoms in total. The maximum atomic E-state index is 5.59. The van der Waals surface area contributed by atoms with E-state index in [2.05, 4.69) is 48.5 Å². The van der Waals surface area contributed by atoms with Crippen LogP contribution in [0.2, 0.25) is 0 Å². The number of hydrogen-bond donors (Lipinski definition) is 2. The summed E-state index contributed by atoms with van der Waals surface area (Å²) >= 11 is 0. The van der Waals surface area contributed by atoms with Gasteiger partial charge in [0.1, 0.15) is 5.75 Å². The Balaban J connectivity index is 0.00000529. The van der Waals surface area contributed by atoms with Crippen LogP contribution in [0.25, 0.3) is 0 Å². The molecule has 0 saturated carbocycles. The maximum Gasteiger partial charge on any atom is 0.191 e. The first-order valence-corrected chi connectivity index (χ1v) is 8.22. The van der Waals surface area contributed by atoms with Gasteiger partial charge in [0.15, 0.2) is 5.96 Å². The molecule has 1 aromatic rings. The van der Waals surface area contributed by atoms with Crippen LogP contribution in [0.3, 0.4) is 0 Å². The molecule has 0 aliphatic heterocycles. The van der Waals surface area contributed by atoms with Crippen molar-refractivity contribution in [1.29, 1.82) is 0 Å². The fraction of sp³-hybridized carbons (Fsp3) is 0.611. The minimum absolute atomic E-state index is 0. The van der Waals surface area contributed by atoms with Gasteiger partial charge in [-0.1, -0.05) is 26.0 Å². The molecule has 2 N–H and O–H groups in total. The summed E-state index contributed by atoms with van der Waals surface area (Å²) in [5.41, 5.74) is 2.29. The molecular weight excluding hydrogens is 417 g/mol. The van der Waals surface area contributed by atoms with Gasteiger partial charge in [-0.3, -0.25) is 4.99 Å². The Morgan fingerprint density at radius 3 is 2.58 bits per heavy atom. The topological polar surface area (TPSA) is 54.9 Å². The molecule has 138 valence electrons. The van der Waals surface area contributed by atoms with Crippen LogP contribution in [-0.2, 0) is 11.3 Å². The van der Waals surface area contributed by atoms with Crippen LogP contribution in [0.4, 0.5) is 0 Å². The van der Waals surface area contributed by atoms with E-state index in [4.69, 9.17) is 9.47 Å². The molecule has 0 unspecified atom stereocenters. The first-order chi connectivity index (χ1) is 11.1. The first-order valence-electron chi connectivity index (χ1n) is 8.22. The van der Waals surface area contributed by atoms with E-state index in [1.54, 1.807) is 14.2 Å². The molecule has 0 aromatic heterocycles. The Morgan fingerprint density at radius 1 is 1.21 bits per heavy atom. The molecule has 0 saturated heterocycles. The van der Waals surface area contributed by atoms with Crippen LogP contribution in [0, 0.1) is 12.8 Å². The van der Waals surface area contributed by atoms with E-state index in [-0.39, 0.29) is 24.0 Å². The molecule has 1 rings (SSSR count). The van der Waals surface area contributed by atoms with Crippen molar-refractivity contribution in [3.05, 3.63) is 29.3 Å². The van der Waals surface area contributed by atoms with Crippen LogP contribution in [-0.4, -0.2) is 39.9 Å². The fourth-order valence-corrected chi connectivity index (χ4v) is 2.06. The van der Waals surface area contributed by atoms with Gasteiger partial charge in [-0.25, -0.2) is 0 Å². The zero-order valence-electron chi connectivity index (χ0n) is 15.5. The second-order valence-corrected chi connectivity index (χ2v) is 5.96. The van der Waals surface area contributed by atoms with E-state index in [9.17, 15) is 0 Å². The summed E-state index contributed by atoms with van der Waals surface area (Å²) in [4.78, 5) is 4.22. The van der Waals surface area contributed by atoms with Crippen LogP contribution in [0.15, 0.2) is 23.2 Å². The van der Waals surface area contributed by atoms with E-state index < -0.39 is 0 Å². The Bertz CT molecular complexity index is 493. The number of aryl methyl sites for hydroxylation is 1. The lowest BCUT2D eigenvalue weighted by Crippen LogP contribution is -2.38. The number of halogens is 1. The van der Waals surface area contributed by atoms with E-state index in [1.807, 2.05) is 6.07 Å². The summed E-state index contributed by atoms with van der Waals surface area (Å²) in [5, 5.41) is 6.54. The van der Waals surface area contributed by atoms with Crippen molar-refractivity contribution in [1.82, 2.24) is 10.6 Å². The quantitative estimate of drug-likeness (QED) is 0.263. The molecule has 1 aromatic carbocycles. The molecular formula is C18H32IN3O2. The highest BCUT2D eigenvalue weighted by Gasteiger charge is 2.04. The summed E-state index contributed by atoms with van der Waals surface area (Å²) in [6, 6.07) is 6.19. The fourth-order valence-electron chi connectivity index (χ4n) is 2.06. The van der Waals surface area contributed by atoms with Crippen molar-refractivity contribution < 1.29 is 9.47 Å². The van der Waals surface area contributed by atoms with E-state index in [0.29, 0.717) is 19.1 Å². The Morgan fingerprint density at radius 2 is 1.96 bits per heavy atom. The number of benzene rings is 1. The molecule has 0 aliphatic carbocycles. The molecule has 0 bridgehead atoms. The highest BCUT2D eigenvalue weighted by Crippen LogP contribution is 2.19.